The van der Waals surface area contributed by atoms with Crippen LogP contribution in [0.25, 0.3) is 0 Å². The summed E-state index contributed by atoms with van der Waals surface area (Å²) in [6.07, 6.45) is 2.80. The van der Waals surface area contributed by atoms with Gasteiger partial charge < -0.3 is 10.2 Å². The Morgan fingerprint density at radius 1 is 1.14 bits per heavy atom. The van der Waals surface area contributed by atoms with Crippen LogP contribution in [0.4, 0.5) is 0 Å². The van der Waals surface area contributed by atoms with E-state index in [0.717, 1.165) is 25.9 Å². The van der Waals surface area contributed by atoms with Crippen LogP contribution in [0, 0.1) is 5.92 Å². The zero-order valence-electron chi connectivity index (χ0n) is 12.8. The molecule has 1 aromatic carbocycles. The van der Waals surface area contributed by atoms with Crippen LogP contribution in [0.2, 0.25) is 0 Å². The molecule has 1 fully saturated rings. The number of carbonyl (C=O) groups is 2. The van der Waals surface area contributed by atoms with Gasteiger partial charge in [0.05, 0.1) is 0 Å². The number of hydrogen-bond acceptors (Lipinski definition) is 2. The lowest BCUT2D eigenvalue weighted by molar-refractivity contribution is -0.132. The fraction of sp³-hybridized carbons (Fsp3) is 0.529. The van der Waals surface area contributed by atoms with E-state index in [2.05, 4.69) is 19.2 Å². The second-order valence-electron chi connectivity index (χ2n) is 6.05. The first-order chi connectivity index (χ1) is 10.1. The van der Waals surface area contributed by atoms with Crippen LogP contribution in [0.3, 0.4) is 0 Å². The minimum absolute atomic E-state index is 0.0606. The van der Waals surface area contributed by atoms with Crippen molar-refractivity contribution < 1.29 is 9.59 Å². The van der Waals surface area contributed by atoms with E-state index in [9.17, 15) is 9.59 Å². The Morgan fingerprint density at radius 3 is 2.33 bits per heavy atom. The summed E-state index contributed by atoms with van der Waals surface area (Å²) < 4.78 is 0. The largest absolute Gasteiger partial charge is 0.341 e. The van der Waals surface area contributed by atoms with E-state index in [-0.39, 0.29) is 11.8 Å². The van der Waals surface area contributed by atoms with E-state index in [1.807, 2.05) is 23.1 Å². The van der Waals surface area contributed by atoms with Crippen LogP contribution >= 0.6 is 0 Å². The molecule has 0 unspecified atom stereocenters. The van der Waals surface area contributed by atoms with Gasteiger partial charge in [0.25, 0.3) is 5.91 Å². The number of nitrogens with one attached hydrogen (secondary N) is 1. The van der Waals surface area contributed by atoms with Crippen molar-refractivity contribution in [3.63, 3.8) is 0 Å². The Morgan fingerprint density at radius 2 is 1.76 bits per heavy atom. The molecule has 0 spiro atoms. The summed E-state index contributed by atoms with van der Waals surface area (Å²) in [5.74, 6) is 0.247. The predicted octanol–water partition coefficient (Wildman–Crippen LogP) is 2.45. The van der Waals surface area contributed by atoms with E-state index in [4.69, 9.17) is 0 Å². The number of carbonyl (C=O) groups excluding carboxylic acids is 2. The molecule has 1 atom stereocenters. The molecule has 0 radical (unpaired) electrons. The van der Waals surface area contributed by atoms with Crippen LogP contribution in [0.15, 0.2) is 30.3 Å². The zero-order valence-corrected chi connectivity index (χ0v) is 12.8. The summed E-state index contributed by atoms with van der Waals surface area (Å²) in [4.78, 5) is 26.7. The highest BCUT2D eigenvalue weighted by Gasteiger charge is 2.28. The molecule has 2 amide bonds. The molecule has 1 aliphatic rings. The summed E-state index contributed by atoms with van der Waals surface area (Å²) in [6, 6.07) is 8.64. The Hall–Kier alpha value is -1.84. The van der Waals surface area contributed by atoms with E-state index in [0.29, 0.717) is 17.9 Å². The molecule has 2 rings (SSSR count). The van der Waals surface area contributed by atoms with Gasteiger partial charge in [0.2, 0.25) is 5.91 Å². The molecule has 0 aliphatic carbocycles. The smallest absolute Gasteiger partial charge is 0.251 e. The topological polar surface area (TPSA) is 49.4 Å². The van der Waals surface area contributed by atoms with Crippen molar-refractivity contribution >= 4 is 11.8 Å². The second kappa shape index (κ2) is 7.25. The third-order valence-electron chi connectivity index (χ3n) is 3.76. The Kier molecular flexibility index (Phi) is 5.37. The molecule has 114 valence electrons. The van der Waals surface area contributed by atoms with Gasteiger partial charge in [-0.3, -0.25) is 9.59 Å². The average molecular weight is 288 g/mol. The Balaban J connectivity index is 2.05. The normalized spacial score (nSPS) is 16.0. The van der Waals surface area contributed by atoms with Gasteiger partial charge in [-0.05, 0) is 37.3 Å². The van der Waals surface area contributed by atoms with Gasteiger partial charge in [-0.25, -0.2) is 0 Å². The Labute approximate surface area is 126 Å². The van der Waals surface area contributed by atoms with Crippen LogP contribution < -0.4 is 5.32 Å². The van der Waals surface area contributed by atoms with E-state index < -0.39 is 6.04 Å². The van der Waals surface area contributed by atoms with Crippen molar-refractivity contribution in [2.45, 2.75) is 39.2 Å². The molecular formula is C17H24N2O2. The lowest BCUT2D eigenvalue weighted by atomic mass is 10.0. The first-order valence-electron chi connectivity index (χ1n) is 7.72. The third-order valence-corrected chi connectivity index (χ3v) is 3.76. The molecule has 4 heteroatoms. The van der Waals surface area contributed by atoms with Gasteiger partial charge >= 0.3 is 0 Å². The van der Waals surface area contributed by atoms with Crippen molar-refractivity contribution in [1.29, 1.82) is 0 Å². The highest BCUT2D eigenvalue weighted by Crippen LogP contribution is 2.14. The van der Waals surface area contributed by atoms with Crippen LogP contribution in [-0.4, -0.2) is 35.8 Å². The van der Waals surface area contributed by atoms with Crippen molar-refractivity contribution in [3.05, 3.63) is 35.9 Å². The number of amides is 2. The third kappa shape index (κ3) is 4.31. The quantitative estimate of drug-likeness (QED) is 0.905. The lowest BCUT2D eigenvalue weighted by Gasteiger charge is -2.25. The van der Waals surface area contributed by atoms with Gasteiger partial charge in [0.1, 0.15) is 6.04 Å². The first-order valence-corrected chi connectivity index (χ1v) is 7.72. The minimum Gasteiger partial charge on any atom is -0.341 e. The van der Waals surface area contributed by atoms with E-state index in [1.165, 1.54) is 0 Å². The molecule has 1 N–H and O–H groups in total. The number of benzene rings is 1. The second-order valence-corrected chi connectivity index (χ2v) is 6.05. The molecule has 4 nitrogen and oxygen atoms in total. The summed E-state index contributed by atoms with van der Waals surface area (Å²) >= 11 is 0. The van der Waals surface area contributed by atoms with Gasteiger partial charge in [-0.15, -0.1) is 0 Å². The number of likely N-dealkylation sites (tertiary alicyclic amines) is 1. The molecule has 1 aliphatic heterocycles. The molecule has 1 heterocycles. The fourth-order valence-electron chi connectivity index (χ4n) is 2.68. The van der Waals surface area contributed by atoms with Crippen molar-refractivity contribution in [2.24, 2.45) is 5.92 Å². The fourth-order valence-corrected chi connectivity index (χ4v) is 2.68. The molecule has 21 heavy (non-hydrogen) atoms. The highest BCUT2D eigenvalue weighted by molar-refractivity contribution is 5.97. The predicted molar refractivity (Wildman–Crippen MR) is 83.0 cm³/mol. The number of nitrogens with zero attached hydrogens (tertiary/aromatic N) is 1. The maximum atomic E-state index is 12.6. The molecule has 1 saturated heterocycles. The van der Waals surface area contributed by atoms with E-state index in [1.54, 1.807) is 12.1 Å². The molecule has 1 aromatic rings. The van der Waals surface area contributed by atoms with Crippen LogP contribution in [0.1, 0.15) is 43.5 Å². The van der Waals surface area contributed by atoms with Gasteiger partial charge in [-0.1, -0.05) is 32.0 Å². The van der Waals surface area contributed by atoms with Gasteiger partial charge in [0.15, 0.2) is 0 Å². The SMILES string of the molecule is CC(C)C[C@H](NC(=O)c1ccccc1)C(=O)N1CCCC1. The van der Waals surface area contributed by atoms with Crippen LogP contribution in [0.5, 0.6) is 0 Å². The molecule has 0 bridgehead atoms. The molecular weight excluding hydrogens is 264 g/mol. The molecule has 0 saturated carbocycles. The first kappa shape index (κ1) is 15.5. The van der Waals surface area contributed by atoms with Gasteiger partial charge in [-0.2, -0.15) is 0 Å². The monoisotopic (exact) mass is 288 g/mol. The van der Waals surface area contributed by atoms with Crippen molar-refractivity contribution in [1.82, 2.24) is 10.2 Å². The van der Waals surface area contributed by atoms with E-state index >= 15 is 0 Å². The maximum Gasteiger partial charge on any atom is 0.251 e. The Bertz CT molecular complexity index is 479. The summed E-state index contributed by atoms with van der Waals surface area (Å²) in [5.41, 5.74) is 0.598. The molecule has 0 aromatic heterocycles. The summed E-state index contributed by atoms with van der Waals surface area (Å²) in [5, 5.41) is 2.91. The van der Waals surface area contributed by atoms with Gasteiger partial charge in [0, 0.05) is 18.7 Å². The summed E-state index contributed by atoms with van der Waals surface area (Å²) in [7, 11) is 0. The lowest BCUT2D eigenvalue weighted by Crippen LogP contribution is -2.48. The number of rotatable bonds is 5. The summed E-state index contributed by atoms with van der Waals surface area (Å²) in [6.45, 7) is 5.77. The standard InChI is InChI=1S/C17H24N2O2/c1-13(2)12-15(17(21)19-10-6-7-11-19)18-16(20)14-8-4-3-5-9-14/h3-5,8-9,13,15H,6-7,10-12H2,1-2H3,(H,18,20)/t15-/m0/s1. The van der Waals surface area contributed by atoms with Crippen molar-refractivity contribution in [2.75, 3.05) is 13.1 Å². The van der Waals surface area contributed by atoms with Crippen LogP contribution in [-0.2, 0) is 4.79 Å². The number of hydrogen-bond donors (Lipinski definition) is 1. The average Bonchev–Trinajstić information content (AvgIpc) is 3.00. The minimum atomic E-state index is -0.421. The maximum absolute atomic E-state index is 12.6. The van der Waals surface area contributed by atoms with Crippen molar-refractivity contribution in [3.8, 4) is 0 Å². The highest BCUT2D eigenvalue weighted by atomic mass is 16.2. The zero-order chi connectivity index (χ0) is 15.2.